The van der Waals surface area contributed by atoms with Crippen LogP contribution in [0, 0.1) is 11.8 Å². The van der Waals surface area contributed by atoms with Gasteiger partial charge in [-0.3, -0.25) is 0 Å². The molecule has 0 spiro atoms. The van der Waals surface area contributed by atoms with Crippen molar-refractivity contribution in [2.75, 3.05) is 31.1 Å². The van der Waals surface area contributed by atoms with Crippen molar-refractivity contribution in [2.24, 2.45) is 11.8 Å². The zero-order valence-corrected chi connectivity index (χ0v) is 13.5. The Balaban J connectivity index is 1.49. The molecule has 0 radical (unpaired) electrons. The Bertz CT molecular complexity index is 562. The first-order valence-electron chi connectivity index (χ1n) is 8.73. The summed E-state index contributed by atoms with van der Waals surface area (Å²) in [6.45, 7) is 6.83. The first kappa shape index (κ1) is 14.2. The molecule has 0 aromatic carbocycles. The second kappa shape index (κ2) is 5.99. The van der Waals surface area contributed by atoms with E-state index in [1.807, 2.05) is 0 Å². The second-order valence-corrected chi connectivity index (χ2v) is 7.24. The van der Waals surface area contributed by atoms with Gasteiger partial charge in [-0.1, -0.05) is 11.6 Å². The number of fused-ring (bicyclic) bond motifs is 1. The number of anilines is 1. The second-order valence-electron chi connectivity index (χ2n) is 7.24. The number of aromatic nitrogens is 2. The zero-order chi connectivity index (χ0) is 14.9. The van der Waals surface area contributed by atoms with Crippen LogP contribution in [0.4, 0.5) is 5.82 Å². The van der Waals surface area contributed by atoms with Crippen LogP contribution in [0.5, 0.6) is 0 Å². The van der Waals surface area contributed by atoms with Gasteiger partial charge in [0.05, 0.1) is 0 Å². The summed E-state index contributed by atoms with van der Waals surface area (Å²) in [5.74, 6) is 3.40. The first-order chi connectivity index (χ1) is 10.8. The van der Waals surface area contributed by atoms with E-state index in [1.54, 1.807) is 11.9 Å². The minimum atomic E-state index is 0.608. The van der Waals surface area contributed by atoms with Crippen LogP contribution >= 0.6 is 0 Å². The Morgan fingerprint density at radius 2 is 1.95 bits per heavy atom. The maximum Gasteiger partial charge on any atom is 0.132 e. The first-order valence-corrected chi connectivity index (χ1v) is 8.73. The average molecular weight is 298 g/mol. The third-order valence-electron chi connectivity index (χ3n) is 5.68. The van der Waals surface area contributed by atoms with E-state index in [0.29, 0.717) is 5.92 Å². The molecule has 1 aromatic rings. The van der Waals surface area contributed by atoms with E-state index in [2.05, 4.69) is 39.3 Å². The highest BCUT2D eigenvalue weighted by Gasteiger charge is 2.34. The Kier molecular flexibility index (Phi) is 3.87. The van der Waals surface area contributed by atoms with E-state index in [1.165, 1.54) is 37.9 Å². The molecule has 2 fully saturated rings. The van der Waals surface area contributed by atoms with Crippen molar-refractivity contribution < 1.29 is 0 Å². The van der Waals surface area contributed by atoms with Crippen LogP contribution in [-0.4, -0.2) is 36.1 Å². The highest BCUT2D eigenvalue weighted by Crippen LogP contribution is 2.37. The van der Waals surface area contributed by atoms with Gasteiger partial charge in [0.2, 0.25) is 0 Å². The summed E-state index contributed by atoms with van der Waals surface area (Å²) in [6.07, 6.45) is 9.13. The molecular formula is C18H26N4. The molecule has 4 rings (SSSR count). The molecule has 4 nitrogen and oxygen atoms in total. The van der Waals surface area contributed by atoms with Crippen molar-refractivity contribution in [1.29, 1.82) is 0 Å². The van der Waals surface area contributed by atoms with E-state index in [9.17, 15) is 0 Å². The lowest BCUT2D eigenvalue weighted by Gasteiger charge is -2.23. The summed E-state index contributed by atoms with van der Waals surface area (Å²) < 4.78 is 0. The lowest BCUT2D eigenvalue weighted by atomic mass is 9.83. The summed E-state index contributed by atoms with van der Waals surface area (Å²) >= 11 is 0. The van der Waals surface area contributed by atoms with Crippen molar-refractivity contribution >= 4 is 5.82 Å². The summed E-state index contributed by atoms with van der Waals surface area (Å²) in [5, 5.41) is 3.43. The molecule has 0 amide bonds. The molecule has 0 bridgehead atoms. The lowest BCUT2D eigenvalue weighted by molar-refractivity contribution is 0.400. The number of hydrogen-bond donors (Lipinski definition) is 1. The molecule has 3 aliphatic rings. The normalized spacial score (nSPS) is 29.3. The molecule has 2 atom stereocenters. The topological polar surface area (TPSA) is 41.0 Å². The van der Waals surface area contributed by atoms with Crippen LogP contribution in [-0.2, 0) is 0 Å². The molecule has 0 saturated carbocycles. The third-order valence-corrected chi connectivity index (χ3v) is 5.68. The largest absolute Gasteiger partial charge is 0.356 e. The zero-order valence-electron chi connectivity index (χ0n) is 13.5. The number of piperidine rings is 1. The van der Waals surface area contributed by atoms with E-state index >= 15 is 0 Å². The monoisotopic (exact) mass is 298 g/mol. The standard InChI is InChI=1S/C18H26N4/c1-13-2-3-15-10-22(11-16(15)8-13)18-9-17(20-12-21-18)14-4-6-19-7-5-14/h2,9,12,14-16,19H,3-8,10-11H2,1H3/t15-,16+/m0/s1. The van der Waals surface area contributed by atoms with E-state index in [-0.39, 0.29) is 0 Å². The Hall–Kier alpha value is -1.42. The Labute approximate surface area is 133 Å². The fourth-order valence-corrected chi connectivity index (χ4v) is 4.35. The Morgan fingerprint density at radius 1 is 1.14 bits per heavy atom. The molecule has 2 saturated heterocycles. The molecular weight excluding hydrogens is 272 g/mol. The minimum Gasteiger partial charge on any atom is -0.356 e. The molecule has 1 N–H and O–H groups in total. The van der Waals surface area contributed by atoms with E-state index < -0.39 is 0 Å². The Morgan fingerprint density at radius 3 is 2.82 bits per heavy atom. The number of nitrogens with zero attached hydrogens (tertiary/aromatic N) is 3. The molecule has 1 aromatic heterocycles. The van der Waals surface area contributed by atoms with Gasteiger partial charge in [-0.15, -0.1) is 0 Å². The van der Waals surface area contributed by atoms with Crippen LogP contribution in [0.2, 0.25) is 0 Å². The number of rotatable bonds is 2. The summed E-state index contributed by atoms with van der Waals surface area (Å²) in [7, 11) is 0. The SMILES string of the molecule is CC1=CC[C@H]2CN(c3cc(C4CCNCC4)ncn3)C[C@H]2C1. The maximum absolute atomic E-state index is 4.58. The highest BCUT2D eigenvalue weighted by molar-refractivity contribution is 5.42. The summed E-state index contributed by atoms with van der Waals surface area (Å²) in [5.41, 5.74) is 2.82. The van der Waals surface area contributed by atoms with Crippen molar-refractivity contribution in [2.45, 2.75) is 38.5 Å². The number of allylic oxidation sites excluding steroid dienone is 2. The van der Waals surface area contributed by atoms with Crippen LogP contribution in [0.25, 0.3) is 0 Å². The van der Waals surface area contributed by atoms with Crippen molar-refractivity contribution in [3.8, 4) is 0 Å². The van der Waals surface area contributed by atoms with Gasteiger partial charge >= 0.3 is 0 Å². The van der Waals surface area contributed by atoms with E-state index in [0.717, 1.165) is 37.3 Å². The highest BCUT2D eigenvalue weighted by atomic mass is 15.2. The van der Waals surface area contributed by atoms with Gasteiger partial charge in [-0.05, 0) is 57.5 Å². The van der Waals surface area contributed by atoms with Gasteiger partial charge in [0.15, 0.2) is 0 Å². The van der Waals surface area contributed by atoms with Gasteiger partial charge in [0.1, 0.15) is 12.1 Å². The molecule has 0 unspecified atom stereocenters. The fourth-order valence-electron chi connectivity index (χ4n) is 4.35. The summed E-state index contributed by atoms with van der Waals surface area (Å²) in [4.78, 5) is 11.6. The lowest BCUT2D eigenvalue weighted by Crippen LogP contribution is -2.27. The smallest absolute Gasteiger partial charge is 0.132 e. The maximum atomic E-state index is 4.58. The molecule has 3 heterocycles. The van der Waals surface area contributed by atoms with Crippen LogP contribution in [0.15, 0.2) is 24.0 Å². The van der Waals surface area contributed by atoms with Crippen LogP contribution in [0.3, 0.4) is 0 Å². The van der Waals surface area contributed by atoms with Gasteiger partial charge < -0.3 is 10.2 Å². The predicted molar refractivity (Wildman–Crippen MR) is 89.1 cm³/mol. The molecule has 118 valence electrons. The van der Waals surface area contributed by atoms with E-state index in [4.69, 9.17) is 0 Å². The summed E-state index contributed by atoms with van der Waals surface area (Å²) in [6, 6.07) is 2.26. The van der Waals surface area contributed by atoms with Crippen molar-refractivity contribution in [1.82, 2.24) is 15.3 Å². The van der Waals surface area contributed by atoms with Crippen LogP contribution < -0.4 is 10.2 Å². The number of hydrogen-bond acceptors (Lipinski definition) is 4. The van der Waals surface area contributed by atoms with Gasteiger partial charge in [-0.2, -0.15) is 0 Å². The number of nitrogens with one attached hydrogen (secondary N) is 1. The molecule has 4 heteroatoms. The molecule has 22 heavy (non-hydrogen) atoms. The third kappa shape index (κ3) is 2.76. The van der Waals surface area contributed by atoms with Gasteiger partial charge in [-0.25, -0.2) is 9.97 Å². The van der Waals surface area contributed by atoms with Crippen LogP contribution in [0.1, 0.15) is 44.2 Å². The average Bonchev–Trinajstić information content (AvgIpc) is 2.99. The van der Waals surface area contributed by atoms with Crippen molar-refractivity contribution in [3.63, 3.8) is 0 Å². The predicted octanol–water partition coefficient (Wildman–Crippen LogP) is 2.74. The quantitative estimate of drug-likeness (QED) is 0.852. The molecule has 1 aliphatic carbocycles. The van der Waals surface area contributed by atoms with Gasteiger partial charge in [0.25, 0.3) is 0 Å². The van der Waals surface area contributed by atoms with Gasteiger partial charge in [0, 0.05) is 30.8 Å². The van der Waals surface area contributed by atoms with Crippen molar-refractivity contribution in [3.05, 3.63) is 29.7 Å². The molecule has 2 aliphatic heterocycles. The minimum absolute atomic E-state index is 0.608. The fraction of sp³-hybridized carbons (Fsp3) is 0.667.